The summed E-state index contributed by atoms with van der Waals surface area (Å²) in [6, 6.07) is 6.82. The molecule has 0 radical (unpaired) electrons. The van der Waals surface area contributed by atoms with Crippen LogP contribution >= 0.6 is 0 Å². The van der Waals surface area contributed by atoms with Crippen LogP contribution < -0.4 is 10.1 Å². The summed E-state index contributed by atoms with van der Waals surface area (Å²) in [5.74, 6) is 0.335. The molecule has 0 aliphatic carbocycles. The molecule has 0 spiro atoms. The predicted molar refractivity (Wildman–Crippen MR) is 87.0 cm³/mol. The number of carbonyl (C=O) groups is 2. The summed E-state index contributed by atoms with van der Waals surface area (Å²) in [7, 11) is 1.59. The third kappa shape index (κ3) is 5.10. The monoisotopic (exact) mass is 318 g/mol. The van der Waals surface area contributed by atoms with Crippen molar-refractivity contribution in [2.75, 3.05) is 33.4 Å². The Kier molecular flexibility index (Phi) is 6.17. The second kappa shape index (κ2) is 8.33. The minimum absolute atomic E-state index is 0.0866. The standard InChI is InChI=1S/C17H22N2O4/c1-13(17(21)19-8-10-23-11-9-19)18-16(20)7-6-14-4-3-5-15(12-14)22-2/h3-7,12-13H,8-11H2,1-2H3,(H,18,20)/b7-6+/t13-/m0/s1. The molecule has 1 saturated heterocycles. The first kappa shape index (κ1) is 17.0. The van der Waals surface area contributed by atoms with Crippen LogP contribution in [0.5, 0.6) is 5.75 Å². The van der Waals surface area contributed by atoms with Crippen LogP contribution in [-0.4, -0.2) is 56.2 Å². The number of hydrogen-bond donors (Lipinski definition) is 1. The van der Waals surface area contributed by atoms with Gasteiger partial charge >= 0.3 is 0 Å². The van der Waals surface area contributed by atoms with Crippen LogP contribution in [0.15, 0.2) is 30.3 Å². The van der Waals surface area contributed by atoms with E-state index in [4.69, 9.17) is 9.47 Å². The number of hydrogen-bond acceptors (Lipinski definition) is 4. The van der Waals surface area contributed by atoms with Crippen molar-refractivity contribution in [2.24, 2.45) is 0 Å². The Hall–Kier alpha value is -2.34. The Morgan fingerprint density at radius 1 is 1.35 bits per heavy atom. The molecule has 1 N–H and O–H groups in total. The molecule has 0 bridgehead atoms. The number of carbonyl (C=O) groups excluding carboxylic acids is 2. The van der Waals surface area contributed by atoms with E-state index in [1.165, 1.54) is 6.08 Å². The lowest BCUT2D eigenvalue weighted by Gasteiger charge is -2.29. The number of amides is 2. The molecule has 1 fully saturated rings. The number of nitrogens with zero attached hydrogens (tertiary/aromatic N) is 1. The molecule has 1 heterocycles. The van der Waals surface area contributed by atoms with Crippen molar-refractivity contribution in [3.8, 4) is 5.75 Å². The predicted octanol–water partition coefficient (Wildman–Crippen LogP) is 1.07. The molecule has 1 aliphatic rings. The summed E-state index contributed by atoms with van der Waals surface area (Å²) in [5, 5.41) is 2.69. The molecule has 1 aliphatic heterocycles. The van der Waals surface area contributed by atoms with Crippen LogP contribution in [0.4, 0.5) is 0 Å². The summed E-state index contributed by atoms with van der Waals surface area (Å²) in [6.45, 7) is 3.91. The van der Waals surface area contributed by atoms with Crippen LogP contribution in [-0.2, 0) is 14.3 Å². The fraction of sp³-hybridized carbons (Fsp3) is 0.412. The number of ether oxygens (including phenoxy) is 2. The van der Waals surface area contributed by atoms with Crippen molar-refractivity contribution in [2.45, 2.75) is 13.0 Å². The highest BCUT2D eigenvalue weighted by molar-refractivity contribution is 5.95. The van der Waals surface area contributed by atoms with Gasteiger partial charge in [0.15, 0.2) is 0 Å². The molecule has 2 amide bonds. The zero-order valence-corrected chi connectivity index (χ0v) is 13.5. The fourth-order valence-electron chi connectivity index (χ4n) is 2.30. The van der Waals surface area contributed by atoms with Crippen LogP contribution in [0, 0.1) is 0 Å². The Balaban J connectivity index is 1.87. The number of nitrogens with one attached hydrogen (secondary N) is 1. The van der Waals surface area contributed by atoms with Gasteiger partial charge in [0.05, 0.1) is 20.3 Å². The normalized spacial score (nSPS) is 16.2. The molecular weight excluding hydrogens is 296 g/mol. The van der Waals surface area contributed by atoms with E-state index in [9.17, 15) is 9.59 Å². The SMILES string of the molecule is COc1cccc(/C=C/C(=O)N[C@@H](C)C(=O)N2CCOCC2)c1. The maximum absolute atomic E-state index is 12.2. The van der Waals surface area contributed by atoms with Crippen LogP contribution in [0.3, 0.4) is 0 Å². The highest BCUT2D eigenvalue weighted by Gasteiger charge is 2.22. The van der Waals surface area contributed by atoms with E-state index in [0.717, 1.165) is 11.3 Å². The van der Waals surface area contributed by atoms with Crippen molar-refractivity contribution in [1.82, 2.24) is 10.2 Å². The third-order valence-corrected chi connectivity index (χ3v) is 3.57. The van der Waals surface area contributed by atoms with E-state index in [-0.39, 0.29) is 11.8 Å². The summed E-state index contributed by atoms with van der Waals surface area (Å²) in [4.78, 5) is 25.9. The molecule has 1 aromatic rings. The number of methoxy groups -OCH3 is 1. The van der Waals surface area contributed by atoms with E-state index in [0.29, 0.717) is 26.3 Å². The van der Waals surface area contributed by atoms with Gasteiger partial charge in [-0.05, 0) is 30.7 Å². The summed E-state index contributed by atoms with van der Waals surface area (Å²) >= 11 is 0. The Morgan fingerprint density at radius 3 is 2.78 bits per heavy atom. The van der Waals surface area contributed by atoms with E-state index in [1.54, 1.807) is 25.0 Å². The second-order valence-electron chi connectivity index (χ2n) is 5.28. The number of benzene rings is 1. The maximum atomic E-state index is 12.2. The minimum Gasteiger partial charge on any atom is -0.497 e. The van der Waals surface area contributed by atoms with Gasteiger partial charge in [-0.1, -0.05) is 12.1 Å². The first-order valence-electron chi connectivity index (χ1n) is 7.59. The molecule has 2 rings (SSSR count). The van der Waals surface area contributed by atoms with Gasteiger partial charge in [0, 0.05) is 19.2 Å². The molecule has 0 saturated carbocycles. The lowest BCUT2D eigenvalue weighted by atomic mass is 10.2. The topological polar surface area (TPSA) is 67.9 Å². The minimum atomic E-state index is -0.560. The van der Waals surface area contributed by atoms with Crippen molar-refractivity contribution in [1.29, 1.82) is 0 Å². The fourth-order valence-corrected chi connectivity index (χ4v) is 2.30. The van der Waals surface area contributed by atoms with E-state index in [2.05, 4.69) is 5.32 Å². The first-order chi connectivity index (χ1) is 11.1. The van der Waals surface area contributed by atoms with Gasteiger partial charge in [-0.2, -0.15) is 0 Å². The molecule has 124 valence electrons. The lowest BCUT2D eigenvalue weighted by molar-refractivity contribution is -0.138. The number of rotatable bonds is 5. The Labute approximate surface area is 136 Å². The van der Waals surface area contributed by atoms with Crippen LogP contribution in [0.25, 0.3) is 6.08 Å². The maximum Gasteiger partial charge on any atom is 0.245 e. The zero-order chi connectivity index (χ0) is 16.7. The van der Waals surface area contributed by atoms with Gasteiger partial charge in [-0.3, -0.25) is 9.59 Å². The molecule has 6 heteroatoms. The summed E-state index contributed by atoms with van der Waals surface area (Å²) in [6.07, 6.45) is 3.10. The third-order valence-electron chi connectivity index (χ3n) is 3.57. The molecule has 1 atom stereocenters. The van der Waals surface area contributed by atoms with Crippen LogP contribution in [0.2, 0.25) is 0 Å². The largest absolute Gasteiger partial charge is 0.497 e. The Morgan fingerprint density at radius 2 is 2.09 bits per heavy atom. The van der Waals surface area contributed by atoms with Gasteiger partial charge in [0.25, 0.3) is 0 Å². The average molecular weight is 318 g/mol. The molecule has 6 nitrogen and oxygen atoms in total. The number of morpholine rings is 1. The lowest BCUT2D eigenvalue weighted by Crippen LogP contribution is -2.50. The van der Waals surface area contributed by atoms with Gasteiger partial charge in [-0.25, -0.2) is 0 Å². The Bertz CT molecular complexity index is 580. The summed E-state index contributed by atoms with van der Waals surface area (Å²) in [5.41, 5.74) is 0.853. The van der Waals surface area contributed by atoms with Gasteiger partial charge in [0.1, 0.15) is 11.8 Å². The van der Waals surface area contributed by atoms with E-state index >= 15 is 0 Å². The van der Waals surface area contributed by atoms with Crippen LogP contribution in [0.1, 0.15) is 12.5 Å². The molecule has 23 heavy (non-hydrogen) atoms. The molecule has 1 aromatic carbocycles. The van der Waals surface area contributed by atoms with Crippen molar-refractivity contribution >= 4 is 17.9 Å². The highest BCUT2D eigenvalue weighted by Crippen LogP contribution is 2.13. The smallest absolute Gasteiger partial charge is 0.245 e. The zero-order valence-electron chi connectivity index (χ0n) is 13.5. The molecule has 0 unspecified atom stereocenters. The molecule has 0 aromatic heterocycles. The van der Waals surface area contributed by atoms with Crippen molar-refractivity contribution < 1.29 is 19.1 Å². The van der Waals surface area contributed by atoms with Crippen molar-refractivity contribution in [3.05, 3.63) is 35.9 Å². The average Bonchev–Trinajstić information content (AvgIpc) is 2.60. The highest BCUT2D eigenvalue weighted by atomic mass is 16.5. The quantitative estimate of drug-likeness (QED) is 0.825. The van der Waals surface area contributed by atoms with Gasteiger partial charge in [-0.15, -0.1) is 0 Å². The van der Waals surface area contributed by atoms with Crippen molar-refractivity contribution in [3.63, 3.8) is 0 Å². The second-order valence-corrected chi connectivity index (χ2v) is 5.28. The molecular formula is C17H22N2O4. The first-order valence-corrected chi connectivity index (χ1v) is 7.59. The van der Waals surface area contributed by atoms with Gasteiger partial charge < -0.3 is 19.7 Å². The van der Waals surface area contributed by atoms with E-state index in [1.807, 2.05) is 24.3 Å². The van der Waals surface area contributed by atoms with E-state index < -0.39 is 6.04 Å². The van der Waals surface area contributed by atoms with Gasteiger partial charge in [0.2, 0.25) is 11.8 Å². The summed E-state index contributed by atoms with van der Waals surface area (Å²) < 4.78 is 10.3.